The Hall–Kier alpha value is -2.15. The molecule has 1 aliphatic heterocycles. The number of carbonyl (C=O) groups is 1. The SMILES string of the molecule is C[C@@H]1Cc2c(C(=O)N(C)Cc3ncc[nH]3)nn(C)c2[C@H](C)O1. The summed E-state index contributed by atoms with van der Waals surface area (Å²) < 4.78 is 7.60. The third-order valence-corrected chi connectivity index (χ3v) is 4.00. The fourth-order valence-electron chi connectivity index (χ4n) is 3.07. The third kappa shape index (κ3) is 2.52. The summed E-state index contributed by atoms with van der Waals surface area (Å²) in [5.74, 6) is 0.667. The maximum absolute atomic E-state index is 12.7. The van der Waals surface area contributed by atoms with Gasteiger partial charge < -0.3 is 14.6 Å². The van der Waals surface area contributed by atoms with Gasteiger partial charge in [-0.2, -0.15) is 5.10 Å². The van der Waals surface area contributed by atoms with E-state index in [1.54, 1.807) is 29.0 Å². The molecule has 0 spiro atoms. The molecular formula is C15H21N5O2. The van der Waals surface area contributed by atoms with Crippen LogP contribution in [0.2, 0.25) is 0 Å². The molecule has 2 aromatic rings. The van der Waals surface area contributed by atoms with Gasteiger partial charge in [-0.1, -0.05) is 0 Å². The summed E-state index contributed by atoms with van der Waals surface area (Å²) in [5.41, 5.74) is 2.52. The number of aromatic amines is 1. The Morgan fingerprint density at radius 3 is 3.00 bits per heavy atom. The molecule has 7 heteroatoms. The second-order valence-corrected chi connectivity index (χ2v) is 5.83. The minimum atomic E-state index is -0.0884. The van der Waals surface area contributed by atoms with E-state index in [1.807, 2.05) is 20.9 Å². The zero-order chi connectivity index (χ0) is 15.9. The van der Waals surface area contributed by atoms with Crippen molar-refractivity contribution >= 4 is 5.91 Å². The average Bonchev–Trinajstić information content (AvgIpc) is 3.06. The van der Waals surface area contributed by atoms with Gasteiger partial charge in [0.2, 0.25) is 0 Å². The lowest BCUT2D eigenvalue weighted by Gasteiger charge is -2.26. The molecule has 118 valence electrons. The first-order chi connectivity index (χ1) is 10.5. The van der Waals surface area contributed by atoms with Gasteiger partial charge in [-0.25, -0.2) is 4.98 Å². The average molecular weight is 303 g/mol. The van der Waals surface area contributed by atoms with Crippen LogP contribution in [0, 0.1) is 0 Å². The highest BCUT2D eigenvalue weighted by atomic mass is 16.5. The zero-order valence-electron chi connectivity index (χ0n) is 13.3. The molecule has 0 aliphatic carbocycles. The maximum Gasteiger partial charge on any atom is 0.274 e. The van der Waals surface area contributed by atoms with E-state index in [1.165, 1.54) is 0 Å². The van der Waals surface area contributed by atoms with Crippen LogP contribution in [0.15, 0.2) is 12.4 Å². The summed E-state index contributed by atoms with van der Waals surface area (Å²) in [6.45, 7) is 4.45. The summed E-state index contributed by atoms with van der Waals surface area (Å²) in [4.78, 5) is 21.5. The van der Waals surface area contributed by atoms with Crippen molar-refractivity contribution in [2.75, 3.05) is 7.05 Å². The molecule has 0 unspecified atom stereocenters. The highest BCUT2D eigenvalue weighted by molar-refractivity contribution is 5.94. The van der Waals surface area contributed by atoms with E-state index >= 15 is 0 Å². The first-order valence-corrected chi connectivity index (χ1v) is 7.42. The third-order valence-electron chi connectivity index (χ3n) is 4.00. The van der Waals surface area contributed by atoms with Crippen molar-refractivity contribution in [3.05, 3.63) is 35.2 Å². The molecule has 0 bridgehead atoms. The van der Waals surface area contributed by atoms with Gasteiger partial charge in [0.1, 0.15) is 5.82 Å². The largest absolute Gasteiger partial charge is 0.369 e. The molecular weight excluding hydrogens is 282 g/mol. The molecule has 7 nitrogen and oxygen atoms in total. The molecule has 0 radical (unpaired) electrons. The number of imidazole rings is 1. The van der Waals surface area contributed by atoms with Crippen LogP contribution in [0.25, 0.3) is 0 Å². The van der Waals surface area contributed by atoms with Crippen molar-refractivity contribution in [3.63, 3.8) is 0 Å². The van der Waals surface area contributed by atoms with E-state index in [2.05, 4.69) is 15.1 Å². The number of carbonyl (C=O) groups excluding carboxylic acids is 1. The fourth-order valence-corrected chi connectivity index (χ4v) is 3.07. The molecule has 2 aromatic heterocycles. The monoisotopic (exact) mass is 303 g/mol. The second-order valence-electron chi connectivity index (χ2n) is 5.83. The Labute approximate surface area is 129 Å². The molecule has 3 rings (SSSR count). The number of hydrogen-bond donors (Lipinski definition) is 1. The van der Waals surface area contributed by atoms with Crippen molar-refractivity contribution in [3.8, 4) is 0 Å². The molecule has 0 aromatic carbocycles. The van der Waals surface area contributed by atoms with Crippen LogP contribution in [-0.4, -0.2) is 43.7 Å². The Kier molecular flexibility index (Phi) is 3.74. The number of hydrogen-bond acceptors (Lipinski definition) is 4. The summed E-state index contributed by atoms with van der Waals surface area (Å²) in [6.07, 6.45) is 4.18. The topological polar surface area (TPSA) is 76.0 Å². The lowest BCUT2D eigenvalue weighted by atomic mass is 9.99. The Morgan fingerprint density at radius 1 is 1.55 bits per heavy atom. The number of ether oxygens (including phenoxy) is 1. The second kappa shape index (κ2) is 5.57. The van der Waals surface area contributed by atoms with E-state index < -0.39 is 0 Å². The zero-order valence-corrected chi connectivity index (χ0v) is 13.3. The van der Waals surface area contributed by atoms with Gasteiger partial charge >= 0.3 is 0 Å². The lowest BCUT2D eigenvalue weighted by Crippen LogP contribution is -2.29. The molecule has 3 heterocycles. The van der Waals surface area contributed by atoms with Gasteiger partial charge in [0, 0.05) is 38.5 Å². The van der Waals surface area contributed by atoms with Crippen LogP contribution in [0.5, 0.6) is 0 Å². The standard InChI is InChI=1S/C15H21N5O2/c1-9-7-11-13(18-20(4)14(11)10(2)22-9)15(21)19(3)8-12-16-5-6-17-12/h5-6,9-10H,7-8H2,1-4H3,(H,16,17)/t9-,10+/m1/s1. The number of nitrogens with one attached hydrogen (secondary N) is 1. The number of H-pyrrole nitrogens is 1. The summed E-state index contributed by atoms with van der Waals surface area (Å²) in [5, 5.41) is 4.44. The number of rotatable bonds is 3. The van der Waals surface area contributed by atoms with Crippen molar-refractivity contribution in [1.29, 1.82) is 0 Å². The summed E-state index contributed by atoms with van der Waals surface area (Å²) >= 11 is 0. The highest BCUT2D eigenvalue weighted by Crippen LogP contribution is 2.32. The quantitative estimate of drug-likeness (QED) is 0.931. The summed E-state index contributed by atoms with van der Waals surface area (Å²) in [7, 11) is 3.62. The van der Waals surface area contributed by atoms with Crippen LogP contribution < -0.4 is 0 Å². The predicted octanol–water partition coefficient (Wildman–Crippen LogP) is 1.44. The molecule has 1 amide bonds. The first kappa shape index (κ1) is 14.8. The maximum atomic E-state index is 12.7. The van der Waals surface area contributed by atoms with E-state index in [9.17, 15) is 4.79 Å². The number of aromatic nitrogens is 4. The van der Waals surface area contributed by atoms with Crippen LogP contribution in [0.3, 0.4) is 0 Å². The Bertz CT molecular complexity index is 676. The van der Waals surface area contributed by atoms with Gasteiger partial charge in [0.15, 0.2) is 5.69 Å². The highest BCUT2D eigenvalue weighted by Gasteiger charge is 2.32. The van der Waals surface area contributed by atoms with Gasteiger partial charge in [-0.3, -0.25) is 9.48 Å². The first-order valence-electron chi connectivity index (χ1n) is 7.42. The van der Waals surface area contributed by atoms with Gasteiger partial charge in [-0.05, 0) is 13.8 Å². The van der Waals surface area contributed by atoms with E-state index in [0.29, 0.717) is 18.7 Å². The Morgan fingerprint density at radius 2 is 2.32 bits per heavy atom. The van der Waals surface area contributed by atoms with Crippen LogP contribution in [0.4, 0.5) is 0 Å². The molecule has 1 aliphatic rings. The van der Waals surface area contributed by atoms with Gasteiger partial charge in [0.05, 0.1) is 24.4 Å². The number of nitrogens with zero attached hydrogens (tertiary/aromatic N) is 4. The Balaban J connectivity index is 1.88. The smallest absolute Gasteiger partial charge is 0.274 e. The molecule has 0 saturated heterocycles. The fraction of sp³-hybridized carbons (Fsp3) is 0.533. The lowest BCUT2D eigenvalue weighted by molar-refractivity contribution is -0.00906. The van der Waals surface area contributed by atoms with Crippen molar-refractivity contribution in [2.24, 2.45) is 7.05 Å². The van der Waals surface area contributed by atoms with Gasteiger partial charge in [0.25, 0.3) is 5.91 Å². The van der Waals surface area contributed by atoms with Crippen molar-refractivity contribution < 1.29 is 9.53 Å². The van der Waals surface area contributed by atoms with Crippen LogP contribution >= 0.6 is 0 Å². The molecule has 2 atom stereocenters. The van der Waals surface area contributed by atoms with Gasteiger partial charge in [-0.15, -0.1) is 0 Å². The number of aryl methyl sites for hydroxylation is 1. The minimum absolute atomic E-state index is 0.0480. The van der Waals surface area contributed by atoms with E-state index in [0.717, 1.165) is 17.1 Å². The minimum Gasteiger partial charge on any atom is -0.369 e. The van der Waals surface area contributed by atoms with E-state index in [4.69, 9.17) is 4.74 Å². The van der Waals surface area contributed by atoms with Crippen molar-refractivity contribution in [1.82, 2.24) is 24.6 Å². The molecule has 1 N–H and O–H groups in total. The molecule has 0 fully saturated rings. The van der Waals surface area contributed by atoms with E-state index in [-0.39, 0.29) is 18.1 Å². The predicted molar refractivity (Wildman–Crippen MR) is 80.3 cm³/mol. The van der Waals surface area contributed by atoms with Crippen molar-refractivity contribution in [2.45, 2.75) is 39.0 Å². The normalized spacial score (nSPS) is 20.7. The summed E-state index contributed by atoms with van der Waals surface area (Å²) in [6, 6.07) is 0. The molecule has 22 heavy (non-hydrogen) atoms. The number of amides is 1. The molecule has 0 saturated carbocycles. The van der Waals surface area contributed by atoms with Crippen LogP contribution in [-0.2, 0) is 24.8 Å². The van der Waals surface area contributed by atoms with Crippen LogP contribution in [0.1, 0.15) is 47.5 Å². The number of fused-ring (bicyclic) bond motifs is 1.